The minimum Gasteiger partial charge on any atom is -0.463 e. The molecule has 0 radical (unpaired) electrons. The Morgan fingerprint density at radius 1 is 1.07 bits per heavy atom. The van der Waals surface area contributed by atoms with Crippen LogP contribution in [0, 0.1) is 0 Å². The Morgan fingerprint density at radius 2 is 1.57 bits per heavy atom. The minimum atomic E-state index is -0.608. The SMILES string of the molecule is C=C(C)C(=O)OCC(C)O.C=CC(=O)OC(C)(C)C.C=CC(=O)OCCCC. The molecule has 0 aromatic heterocycles. The molecule has 7 nitrogen and oxygen atoms in total. The fraction of sp³-hybridized carbons (Fsp3) is 0.571. The monoisotopic (exact) mass is 400 g/mol. The molecule has 0 aliphatic heterocycles. The second-order valence-corrected chi connectivity index (χ2v) is 6.69. The molecular formula is C21H36O7. The van der Waals surface area contributed by atoms with Crippen LogP contribution in [0.5, 0.6) is 0 Å². The second-order valence-electron chi connectivity index (χ2n) is 6.69. The lowest BCUT2D eigenvalue weighted by Gasteiger charge is -2.17. The first-order valence-electron chi connectivity index (χ1n) is 8.95. The predicted octanol–water partition coefficient (Wildman–Crippen LogP) is 3.52. The van der Waals surface area contributed by atoms with E-state index in [1.54, 1.807) is 13.8 Å². The van der Waals surface area contributed by atoms with E-state index < -0.39 is 17.7 Å². The summed E-state index contributed by atoms with van der Waals surface area (Å²) in [5.74, 6) is -1.16. The number of aliphatic hydroxyl groups excluding tert-OH is 1. The summed E-state index contributed by atoms with van der Waals surface area (Å²) in [7, 11) is 0. The van der Waals surface area contributed by atoms with Crippen molar-refractivity contribution in [2.75, 3.05) is 13.2 Å². The summed E-state index contributed by atoms with van der Waals surface area (Å²) < 4.78 is 14.1. The number of hydrogen-bond donors (Lipinski definition) is 1. The molecular weight excluding hydrogens is 364 g/mol. The van der Waals surface area contributed by atoms with Crippen LogP contribution in [0.1, 0.15) is 54.4 Å². The van der Waals surface area contributed by atoms with Gasteiger partial charge < -0.3 is 19.3 Å². The van der Waals surface area contributed by atoms with Crippen LogP contribution >= 0.6 is 0 Å². The number of esters is 3. The topological polar surface area (TPSA) is 99.1 Å². The Balaban J connectivity index is -0.000000336. The molecule has 0 bridgehead atoms. The third kappa shape index (κ3) is 28.4. The van der Waals surface area contributed by atoms with Crippen molar-refractivity contribution in [1.29, 1.82) is 0 Å². The predicted molar refractivity (Wildman–Crippen MR) is 110 cm³/mol. The molecule has 28 heavy (non-hydrogen) atoms. The molecule has 0 aromatic carbocycles. The van der Waals surface area contributed by atoms with Crippen LogP contribution in [0.25, 0.3) is 0 Å². The molecule has 7 heteroatoms. The summed E-state index contributed by atoms with van der Waals surface area (Å²) in [5.41, 5.74) is -0.0497. The van der Waals surface area contributed by atoms with E-state index in [9.17, 15) is 14.4 Å². The molecule has 0 rings (SSSR count). The van der Waals surface area contributed by atoms with Crippen LogP contribution in [-0.4, -0.2) is 47.9 Å². The standard InChI is InChI=1S/C7H12O3.2C7H12O2/c1-5(2)7(9)10-4-6(3)8;1-5-6(8)9-7(2,3)4;1-3-5-6-9-7(8)4-2/h6,8H,1,4H2,2-3H3;5H,1H2,2-4H3;4H,2-3,5-6H2,1H3. The number of carbonyl (C=O) groups excluding carboxylic acids is 3. The summed E-state index contributed by atoms with van der Waals surface area (Å²) in [6.07, 6.45) is 3.70. The first kappa shape index (κ1) is 30.3. The highest BCUT2D eigenvalue weighted by molar-refractivity contribution is 5.86. The van der Waals surface area contributed by atoms with Gasteiger partial charge in [0.1, 0.15) is 12.2 Å². The molecule has 1 N–H and O–H groups in total. The lowest BCUT2D eigenvalue weighted by Crippen LogP contribution is -2.22. The Kier molecular flexibility index (Phi) is 19.5. The lowest BCUT2D eigenvalue weighted by molar-refractivity contribution is -0.148. The van der Waals surface area contributed by atoms with Crippen molar-refractivity contribution in [3.8, 4) is 0 Å². The van der Waals surface area contributed by atoms with Crippen molar-refractivity contribution in [2.24, 2.45) is 0 Å². The zero-order valence-electron chi connectivity index (χ0n) is 18.1. The van der Waals surface area contributed by atoms with E-state index in [1.807, 2.05) is 27.7 Å². The number of rotatable bonds is 8. The van der Waals surface area contributed by atoms with Crippen molar-refractivity contribution >= 4 is 17.9 Å². The van der Waals surface area contributed by atoms with E-state index in [1.165, 1.54) is 6.08 Å². The van der Waals surface area contributed by atoms with Crippen LogP contribution < -0.4 is 0 Å². The molecule has 0 amide bonds. The Labute approximate surface area is 169 Å². The normalized spacial score (nSPS) is 10.5. The molecule has 1 atom stereocenters. The van der Waals surface area contributed by atoms with Crippen LogP contribution in [0.15, 0.2) is 37.5 Å². The zero-order chi connectivity index (χ0) is 22.8. The van der Waals surface area contributed by atoms with Crippen LogP contribution in [0.2, 0.25) is 0 Å². The Hall–Kier alpha value is -2.41. The number of ether oxygens (including phenoxy) is 3. The summed E-state index contributed by atoms with van der Waals surface area (Å²) in [6.45, 7) is 21.1. The van der Waals surface area contributed by atoms with Gasteiger partial charge in [-0.15, -0.1) is 0 Å². The minimum absolute atomic E-state index is 0.0334. The van der Waals surface area contributed by atoms with Crippen molar-refractivity contribution in [2.45, 2.75) is 66.1 Å². The third-order valence-electron chi connectivity index (χ3n) is 2.29. The third-order valence-corrected chi connectivity index (χ3v) is 2.29. The lowest BCUT2D eigenvalue weighted by atomic mass is 10.2. The van der Waals surface area contributed by atoms with Gasteiger partial charge in [-0.3, -0.25) is 0 Å². The van der Waals surface area contributed by atoms with Gasteiger partial charge in [-0.25, -0.2) is 14.4 Å². The summed E-state index contributed by atoms with van der Waals surface area (Å²) in [5, 5.41) is 8.68. The van der Waals surface area contributed by atoms with Gasteiger partial charge in [0.2, 0.25) is 0 Å². The molecule has 0 aliphatic carbocycles. The van der Waals surface area contributed by atoms with Gasteiger partial charge in [0, 0.05) is 17.7 Å². The van der Waals surface area contributed by atoms with Gasteiger partial charge in [-0.1, -0.05) is 33.1 Å². The van der Waals surface area contributed by atoms with Gasteiger partial charge in [0.25, 0.3) is 0 Å². The first-order chi connectivity index (χ1) is 12.8. The smallest absolute Gasteiger partial charge is 0.333 e. The maximum Gasteiger partial charge on any atom is 0.333 e. The van der Waals surface area contributed by atoms with Crippen LogP contribution in [0.4, 0.5) is 0 Å². The Morgan fingerprint density at radius 3 is 1.86 bits per heavy atom. The van der Waals surface area contributed by atoms with Gasteiger partial charge in [-0.05, 0) is 41.0 Å². The maximum atomic E-state index is 10.6. The molecule has 162 valence electrons. The van der Waals surface area contributed by atoms with Gasteiger partial charge in [0.15, 0.2) is 0 Å². The van der Waals surface area contributed by atoms with E-state index in [0.29, 0.717) is 12.2 Å². The van der Waals surface area contributed by atoms with E-state index in [4.69, 9.17) is 9.84 Å². The highest BCUT2D eigenvalue weighted by Crippen LogP contribution is 2.06. The van der Waals surface area contributed by atoms with Crippen molar-refractivity contribution in [3.63, 3.8) is 0 Å². The highest BCUT2D eigenvalue weighted by Gasteiger charge is 2.12. The van der Waals surface area contributed by atoms with E-state index in [-0.39, 0.29) is 18.5 Å². The summed E-state index contributed by atoms with van der Waals surface area (Å²) in [6, 6.07) is 0. The van der Waals surface area contributed by atoms with Gasteiger partial charge in [-0.2, -0.15) is 0 Å². The molecule has 0 saturated carbocycles. The van der Waals surface area contributed by atoms with Crippen molar-refractivity contribution in [3.05, 3.63) is 37.5 Å². The van der Waals surface area contributed by atoms with Gasteiger partial charge >= 0.3 is 17.9 Å². The highest BCUT2D eigenvalue weighted by atomic mass is 16.6. The molecule has 0 saturated heterocycles. The summed E-state index contributed by atoms with van der Waals surface area (Å²) >= 11 is 0. The largest absolute Gasteiger partial charge is 0.463 e. The average Bonchev–Trinajstić information content (AvgIpc) is 2.59. The van der Waals surface area contributed by atoms with Crippen LogP contribution in [0.3, 0.4) is 0 Å². The fourth-order valence-corrected chi connectivity index (χ4v) is 1.04. The number of hydrogen-bond acceptors (Lipinski definition) is 7. The van der Waals surface area contributed by atoms with Crippen molar-refractivity contribution < 1.29 is 33.7 Å². The Bertz CT molecular complexity index is 499. The fourth-order valence-electron chi connectivity index (χ4n) is 1.04. The molecule has 0 aliphatic rings. The van der Waals surface area contributed by atoms with E-state index >= 15 is 0 Å². The first-order valence-corrected chi connectivity index (χ1v) is 8.95. The maximum absolute atomic E-state index is 10.6. The summed E-state index contributed by atoms with van der Waals surface area (Å²) in [4.78, 5) is 31.4. The number of unbranched alkanes of at least 4 members (excludes halogenated alkanes) is 1. The van der Waals surface area contributed by atoms with E-state index in [0.717, 1.165) is 18.9 Å². The molecule has 0 aromatic rings. The van der Waals surface area contributed by atoms with Crippen molar-refractivity contribution in [1.82, 2.24) is 0 Å². The second kappa shape index (κ2) is 18.0. The quantitative estimate of drug-likeness (QED) is 0.288. The number of carbonyl (C=O) groups is 3. The average molecular weight is 401 g/mol. The zero-order valence-corrected chi connectivity index (χ0v) is 18.1. The van der Waals surface area contributed by atoms with Gasteiger partial charge in [0.05, 0.1) is 12.7 Å². The molecule has 0 spiro atoms. The molecule has 1 unspecified atom stereocenters. The van der Waals surface area contributed by atoms with Crippen LogP contribution in [-0.2, 0) is 28.6 Å². The molecule has 0 fully saturated rings. The van der Waals surface area contributed by atoms with E-state index in [2.05, 4.69) is 29.2 Å². The molecule has 0 heterocycles. The number of aliphatic hydroxyl groups is 1.